The van der Waals surface area contributed by atoms with E-state index in [0.717, 1.165) is 0 Å². The first-order valence-corrected chi connectivity index (χ1v) is 3.50. The van der Waals surface area contributed by atoms with Gasteiger partial charge in [0.25, 0.3) is 10.5 Å². The molecule has 0 radical (unpaired) electrons. The van der Waals surface area contributed by atoms with Gasteiger partial charge in [-0.2, -0.15) is 0 Å². The van der Waals surface area contributed by atoms with E-state index in [1.807, 2.05) is 0 Å². The Morgan fingerprint density at radius 2 is 1.45 bits per heavy atom. The molecule has 6 heteroatoms. The topological polar surface area (TPSA) is 52.6 Å². The van der Waals surface area contributed by atoms with Crippen molar-refractivity contribution in [3.8, 4) is 0 Å². The first-order valence-electron chi connectivity index (χ1n) is 2.75. The van der Waals surface area contributed by atoms with Gasteiger partial charge in [0.15, 0.2) is 12.2 Å². The maximum Gasteiger partial charge on any atom is 0.253 e. The highest BCUT2D eigenvalue weighted by Gasteiger charge is 2.38. The molecule has 62 valence electrons. The highest BCUT2D eigenvalue weighted by atomic mass is 35.5. The lowest BCUT2D eigenvalue weighted by Crippen LogP contribution is -2.32. The number of ether oxygens (including phenoxy) is 2. The smallest absolute Gasteiger partial charge is 0.253 e. The molecule has 0 unspecified atom stereocenters. The molecule has 0 amide bonds. The Balaban J connectivity index is 2.65. The number of hydrogen-bond acceptors (Lipinski definition) is 4. The molecule has 11 heavy (non-hydrogen) atoms. The van der Waals surface area contributed by atoms with Gasteiger partial charge >= 0.3 is 0 Å². The molecule has 0 aromatic carbocycles. The van der Waals surface area contributed by atoms with Crippen LogP contribution in [0.4, 0.5) is 0 Å². The third-order valence-electron chi connectivity index (χ3n) is 1.22. The molecule has 4 nitrogen and oxygen atoms in total. The summed E-state index contributed by atoms with van der Waals surface area (Å²) >= 11 is 10.1. The average molecular weight is 199 g/mol. The molecule has 0 bridgehead atoms. The van der Waals surface area contributed by atoms with Gasteiger partial charge in [0.1, 0.15) is 6.79 Å². The fourth-order valence-corrected chi connectivity index (χ4v) is 1.08. The van der Waals surface area contributed by atoms with Gasteiger partial charge in [-0.3, -0.25) is 9.59 Å². The SMILES string of the molecule is O=C(Cl)[C@@H]1OCO[C@H]1C(=O)Cl. The van der Waals surface area contributed by atoms with E-state index in [-0.39, 0.29) is 6.79 Å². The Morgan fingerprint density at radius 1 is 1.09 bits per heavy atom. The van der Waals surface area contributed by atoms with E-state index in [1.54, 1.807) is 0 Å². The molecule has 1 aliphatic rings. The van der Waals surface area contributed by atoms with Crippen molar-refractivity contribution in [3.63, 3.8) is 0 Å². The molecule has 0 N–H and O–H groups in total. The van der Waals surface area contributed by atoms with Crippen LogP contribution in [0.15, 0.2) is 0 Å². The monoisotopic (exact) mass is 198 g/mol. The molecule has 0 spiro atoms. The van der Waals surface area contributed by atoms with Crippen LogP contribution in [0, 0.1) is 0 Å². The van der Waals surface area contributed by atoms with Crippen molar-refractivity contribution in [2.45, 2.75) is 12.2 Å². The zero-order valence-electron chi connectivity index (χ0n) is 5.25. The normalized spacial score (nSPS) is 30.4. The van der Waals surface area contributed by atoms with E-state index in [0.29, 0.717) is 0 Å². The summed E-state index contributed by atoms with van der Waals surface area (Å²) in [6, 6.07) is 0. The van der Waals surface area contributed by atoms with Gasteiger partial charge in [0.2, 0.25) is 0 Å². The molecule has 0 aliphatic carbocycles. The Morgan fingerprint density at radius 3 is 1.73 bits per heavy atom. The van der Waals surface area contributed by atoms with E-state index < -0.39 is 22.7 Å². The minimum atomic E-state index is -1.05. The van der Waals surface area contributed by atoms with Crippen molar-refractivity contribution in [2.75, 3.05) is 6.79 Å². The highest BCUT2D eigenvalue weighted by molar-refractivity contribution is 6.67. The molecular weight excluding hydrogens is 195 g/mol. The maximum absolute atomic E-state index is 10.5. The summed E-state index contributed by atoms with van der Waals surface area (Å²) in [6.07, 6.45) is -2.11. The molecule has 0 saturated carbocycles. The molecular formula is C5H4Cl2O4. The third-order valence-corrected chi connectivity index (χ3v) is 1.65. The quantitative estimate of drug-likeness (QED) is 0.598. The number of carbonyl (C=O) groups is 2. The van der Waals surface area contributed by atoms with E-state index in [1.165, 1.54) is 0 Å². The third kappa shape index (κ3) is 1.90. The molecule has 0 aromatic heterocycles. The molecule has 1 saturated heterocycles. The molecule has 1 fully saturated rings. The van der Waals surface area contributed by atoms with Crippen LogP contribution >= 0.6 is 23.2 Å². The lowest BCUT2D eigenvalue weighted by molar-refractivity contribution is -0.126. The van der Waals surface area contributed by atoms with Crippen molar-refractivity contribution in [1.29, 1.82) is 0 Å². The molecule has 1 heterocycles. The van der Waals surface area contributed by atoms with Gasteiger partial charge in [0, 0.05) is 0 Å². The van der Waals surface area contributed by atoms with Crippen LogP contribution in [0.25, 0.3) is 0 Å². The number of hydrogen-bond donors (Lipinski definition) is 0. The van der Waals surface area contributed by atoms with E-state index in [4.69, 9.17) is 23.2 Å². The predicted octanol–water partition coefficient (Wildman–Crippen LogP) is 0.259. The van der Waals surface area contributed by atoms with Crippen molar-refractivity contribution >= 4 is 33.7 Å². The molecule has 2 atom stereocenters. The van der Waals surface area contributed by atoms with Gasteiger partial charge in [0.05, 0.1) is 0 Å². The van der Waals surface area contributed by atoms with E-state index in [9.17, 15) is 9.59 Å². The second kappa shape index (κ2) is 3.49. The second-order valence-electron chi connectivity index (χ2n) is 1.90. The lowest BCUT2D eigenvalue weighted by atomic mass is 10.2. The van der Waals surface area contributed by atoms with Crippen molar-refractivity contribution in [2.24, 2.45) is 0 Å². The Kier molecular flexibility index (Phi) is 2.84. The summed E-state index contributed by atoms with van der Waals surface area (Å²) < 4.78 is 9.36. The molecule has 0 aromatic rings. The first kappa shape index (κ1) is 8.93. The van der Waals surface area contributed by atoms with Crippen LogP contribution in [0.5, 0.6) is 0 Å². The van der Waals surface area contributed by atoms with Crippen molar-refractivity contribution in [1.82, 2.24) is 0 Å². The minimum Gasteiger partial charge on any atom is -0.340 e. The van der Waals surface area contributed by atoms with E-state index >= 15 is 0 Å². The fraction of sp³-hybridized carbons (Fsp3) is 0.600. The zero-order chi connectivity index (χ0) is 8.43. The van der Waals surface area contributed by atoms with E-state index in [2.05, 4.69) is 9.47 Å². The highest BCUT2D eigenvalue weighted by Crippen LogP contribution is 2.17. The Hall–Kier alpha value is -0.160. The van der Waals surface area contributed by atoms with Crippen LogP contribution in [0.1, 0.15) is 0 Å². The zero-order valence-corrected chi connectivity index (χ0v) is 6.76. The first-order chi connectivity index (χ1) is 5.13. The number of rotatable bonds is 2. The Labute approximate surface area is 72.3 Å². The minimum absolute atomic E-state index is 0.133. The van der Waals surface area contributed by atoms with Crippen molar-refractivity contribution in [3.05, 3.63) is 0 Å². The van der Waals surface area contributed by atoms with Gasteiger partial charge in [-0.1, -0.05) is 0 Å². The van der Waals surface area contributed by atoms with Crippen LogP contribution in [0.2, 0.25) is 0 Å². The van der Waals surface area contributed by atoms with Crippen LogP contribution in [0.3, 0.4) is 0 Å². The average Bonchev–Trinajstić information content (AvgIpc) is 2.32. The predicted molar refractivity (Wildman–Crippen MR) is 36.3 cm³/mol. The van der Waals surface area contributed by atoms with Crippen LogP contribution in [-0.4, -0.2) is 29.5 Å². The number of carbonyl (C=O) groups excluding carboxylic acids is 2. The maximum atomic E-state index is 10.5. The molecule has 1 rings (SSSR count). The summed E-state index contributed by atoms with van der Waals surface area (Å²) in [5.74, 6) is 0. The fourth-order valence-electron chi connectivity index (χ4n) is 0.730. The van der Waals surface area contributed by atoms with Gasteiger partial charge < -0.3 is 9.47 Å². The van der Waals surface area contributed by atoms with Gasteiger partial charge in [-0.15, -0.1) is 0 Å². The summed E-state index contributed by atoms with van der Waals surface area (Å²) in [4.78, 5) is 21.0. The largest absolute Gasteiger partial charge is 0.340 e. The summed E-state index contributed by atoms with van der Waals surface area (Å²) in [5.41, 5.74) is 0. The van der Waals surface area contributed by atoms with Gasteiger partial charge in [-0.05, 0) is 23.2 Å². The van der Waals surface area contributed by atoms with Crippen LogP contribution < -0.4 is 0 Å². The van der Waals surface area contributed by atoms with Gasteiger partial charge in [-0.25, -0.2) is 0 Å². The molecule has 1 aliphatic heterocycles. The summed E-state index contributed by atoms with van der Waals surface area (Å²) in [5, 5.41) is -1.55. The Bertz CT molecular complexity index is 173. The lowest BCUT2D eigenvalue weighted by Gasteiger charge is -2.06. The summed E-state index contributed by atoms with van der Waals surface area (Å²) in [6.45, 7) is -0.133. The number of halogens is 2. The van der Waals surface area contributed by atoms with Crippen LogP contribution in [-0.2, 0) is 19.1 Å². The van der Waals surface area contributed by atoms with Crippen molar-refractivity contribution < 1.29 is 19.1 Å². The standard InChI is InChI=1S/C5H4Cl2O4/c6-4(8)2-3(5(7)9)11-1-10-2/h2-3H,1H2/t2-,3-/m1/s1. The summed E-state index contributed by atoms with van der Waals surface area (Å²) in [7, 11) is 0. The second-order valence-corrected chi connectivity index (χ2v) is 2.65.